The van der Waals surface area contributed by atoms with Gasteiger partial charge in [-0.2, -0.15) is 0 Å². The second-order valence-corrected chi connectivity index (χ2v) is 8.14. The molecule has 4 nitrogen and oxygen atoms in total. The molecule has 4 rings (SSSR count). The number of aryl methyl sites for hydroxylation is 3. The van der Waals surface area contributed by atoms with Crippen LogP contribution in [0.25, 0.3) is 0 Å². The number of hydrogen-bond donors (Lipinski definition) is 1. The first kappa shape index (κ1) is 19.5. The van der Waals surface area contributed by atoms with E-state index in [4.69, 9.17) is 0 Å². The fraction of sp³-hybridized carbons (Fsp3) is 0.320. The van der Waals surface area contributed by atoms with Crippen LogP contribution in [0.5, 0.6) is 0 Å². The van der Waals surface area contributed by atoms with Crippen LogP contribution in [0.2, 0.25) is 0 Å². The van der Waals surface area contributed by atoms with Crippen LogP contribution in [0, 0.1) is 13.8 Å². The Morgan fingerprint density at radius 3 is 2.45 bits per heavy atom. The van der Waals surface area contributed by atoms with E-state index in [1.54, 1.807) is 0 Å². The number of rotatable bonds is 5. The van der Waals surface area contributed by atoms with Gasteiger partial charge >= 0.3 is 0 Å². The average Bonchev–Trinajstić information content (AvgIpc) is 3.13. The van der Waals surface area contributed by atoms with Gasteiger partial charge in [0, 0.05) is 44.1 Å². The van der Waals surface area contributed by atoms with Crippen LogP contribution in [-0.4, -0.2) is 28.5 Å². The summed E-state index contributed by atoms with van der Waals surface area (Å²) >= 11 is 0. The van der Waals surface area contributed by atoms with E-state index < -0.39 is 0 Å². The SMILES string of the molecule is Cc1cc(C)cc(C(=O)NCC(c2cccn2C)N2CCc3ccccc3C2)c1. The topological polar surface area (TPSA) is 37.3 Å². The molecule has 1 amide bonds. The van der Waals surface area contributed by atoms with Crippen molar-refractivity contribution in [3.05, 3.63) is 94.3 Å². The third kappa shape index (κ3) is 4.28. The van der Waals surface area contributed by atoms with E-state index in [0.29, 0.717) is 6.54 Å². The Kier molecular flexibility index (Phi) is 5.54. The molecule has 0 spiro atoms. The van der Waals surface area contributed by atoms with E-state index in [-0.39, 0.29) is 11.9 Å². The van der Waals surface area contributed by atoms with Crippen LogP contribution in [-0.2, 0) is 20.0 Å². The van der Waals surface area contributed by atoms with Gasteiger partial charge in [0.2, 0.25) is 0 Å². The van der Waals surface area contributed by atoms with Crippen LogP contribution in [0.4, 0.5) is 0 Å². The van der Waals surface area contributed by atoms with Gasteiger partial charge in [0.05, 0.1) is 6.04 Å². The smallest absolute Gasteiger partial charge is 0.251 e. The second kappa shape index (κ2) is 8.26. The summed E-state index contributed by atoms with van der Waals surface area (Å²) in [7, 11) is 2.08. The summed E-state index contributed by atoms with van der Waals surface area (Å²) < 4.78 is 2.16. The van der Waals surface area contributed by atoms with E-state index in [0.717, 1.165) is 36.2 Å². The quantitative estimate of drug-likeness (QED) is 0.713. The molecule has 1 unspecified atom stereocenters. The molecule has 1 aromatic heterocycles. The van der Waals surface area contributed by atoms with Crippen molar-refractivity contribution in [3.63, 3.8) is 0 Å². The first-order chi connectivity index (χ1) is 14.0. The van der Waals surface area contributed by atoms with E-state index in [1.165, 1.54) is 16.8 Å². The number of nitrogens with zero attached hydrogens (tertiary/aromatic N) is 2. The highest BCUT2D eigenvalue weighted by Gasteiger charge is 2.26. The largest absolute Gasteiger partial charge is 0.353 e. The maximum Gasteiger partial charge on any atom is 0.251 e. The Labute approximate surface area is 173 Å². The zero-order valence-electron chi connectivity index (χ0n) is 17.5. The zero-order valence-corrected chi connectivity index (χ0v) is 17.5. The first-order valence-corrected chi connectivity index (χ1v) is 10.3. The van der Waals surface area contributed by atoms with Crippen molar-refractivity contribution in [2.45, 2.75) is 32.9 Å². The molecule has 0 radical (unpaired) electrons. The van der Waals surface area contributed by atoms with Crippen molar-refractivity contribution < 1.29 is 4.79 Å². The maximum atomic E-state index is 12.9. The van der Waals surface area contributed by atoms with Gasteiger partial charge in [-0.25, -0.2) is 0 Å². The normalized spacial score (nSPS) is 15.0. The number of hydrogen-bond acceptors (Lipinski definition) is 2. The van der Waals surface area contributed by atoms with Gasteiger partial charge in [-0.1, -0.05) is 41.5 Å². The van der Waals surface area contributed by atoms with Gasteiger partial charge in [0.1, 0.15) is 0 Å². The van der Waals surface area contributed by atoms with Crippen molar-refractivity contribution in [1.82, 2.24) is 14.8 Å². The molecule has 0 fully saturated rings. The lowest BCUT2D eigenvalue weighted by atomic mass is 9.97. The Morgan fingerprint density at radius 1 is 1.03 bits per heavy atom. The van der Waals surface area contributed by atoms with Gasteiger partial charge in [0.15, 0.2) is 0 Å². The number of carbonyl (C=O) groups excluding carboxylic acids is 1. The fourth-order valence-corrected chi connectivity index (χ4v) is 4.42. The molecule has 1 atom stereocenters. The summed E-state index contributed by atoms with van der Waals surface area (Å²) in [6.07, 6.45) is 3.12. The summed E-state index contributed by atoms with van der Waals surface area (Å²) in [4.78, 5) is 15.3. The molecule has 1 aliphatic heterocycles. The van der Waals surface area contributed by atoms with E-state index in [2.05, 4.69) is 70.5 Å². The third-order valence-corrected chi connectivity index (χ3v) is 5.87. The van der Waals surface area contributed by atoms with Crippen molar-refractivity contribution in [3.8, 4) is 0 Å². The molecule has 1 aliphatic rings. The highest BCUT2D eigenvalue weighted by molar-refractivity contribution is 5.94. The Hall–Kier alpha value is -2.85. The van der Waals surface area contributed by atoms with Gasteiger partial charge in [-0.05, 0) is 55.7 Å². The summed E-state index contributed by atoms with van der Waals surface area (Å²) in [5.41, 5.74) is 7.01. The Balaban J connectivity index is 1.54. The lowest BCUT2D eigenvalue weighted by Gasteiger charge is -2.36. The monoisotopic (exact) mass is 387 g/mol. The van der Waals surface area contributed by atoms with Crippen molar-refractivity contribution in [2.24, 2.45) is 7.05 Å². The van der Waals surface area contributed by atoms with Crippen LogP contribution < -0.4 is 5.32 Å². The van der Waals surface area contributed by atoms with Gasteiger partial charge in [-0.3, -0.25) is 9.69 Å². The molecular formula is C25H29N3O. The molecule has 3 aromatic rings. The van der Waals surface area contributed by atoms with Crippen LogP contribution in [0.3, 0.4) is 0 Å². The first-order valence-electron chi connectivity index (χ1n) is 10.3. The minimum Gasteiger partial charge on any atom is -0.353 e. The predicted molar refractivity (Wildman–Crippen MR) is 117 cm³/mol. The van der Waals surface area contributed by atoms with Crippen LogP contribution in [0.15, 0.2) is 60.8 Å². The molecule has 29 heavy (non-hydrogen) atoms. The van der Waals surface area contributed by atoms with E-state index in [1.807, 2.05) is 26.0 Å². The van der Waals surface area contributed by atoms with Gasteiger partial charge in [-0.15, -0.1) is 0 Å². The number of benzene rings is 2. The number of nitrogens with one attached hydrogen (secondary N) is 1. The molecule has 0 aliphatic carbocycles. The Morgan fingerprint density at radius 2 is 1.76 bits per heavy atom. The molecule has 0 saturated heterocycles. The molecule has 1 N–H and O–H groups in total. The summed E-state index contributed by atoms with van der Waals surface area (Å²) in [5, 5.41) is 3.20. The number of carbonyl (C=O) groups is 1. The highest BCUT2D eigenvalue weighted by Crippen LogP contribution is 2.27. The lowest BCUT2D eigenvalue weighted by molar-refractivity contribution is 0.0925. The lowest BCUT2D eigenvalue weighted by Crippen LogP contribution is -2.41. The summed E-state index contributed by atoms with van der Waals surface area (Å²) in [5.74, 6) is -0.00609. The minimum absolute atomic E-state index is 0.00609. The summed E-state index contributed by atoms with van der Waals surface area (Å²) in [6.45, 7) is 6.55. The molecule has 0 saturated carbocycles. The van der Waals surface area contributed by atoms with E-state index in [9.17, 15) is 4.79 Å². The van der Waals surface area contributed by atoms with Crippen molar-refractivity contribution >= 4 is 5.91 Å². The molecular weight excluding hydrogens is 358 g/mol. The molecule has 0 bridgehead atoms. The van der Waals surface area contributed by atoms with Gasteiger partial charge in [0.25, 0.3) is 5.91 Å². The van der Waals surface area contributed by atoms with Crippen LogP contribution in [0.1, 0.15) is 44.3 Å². The molecule has 150 valence electrons. The summed E-state index contributed by atoms with van der Waals surface area (Å²) in [6, 6.07) is 19.1. The standard InChI is InChI=1S/C25H29N3O/c1-18-13-19(2)15-22(14-18)25(29)26-16-24(23-9-6-11-27(23)3)28-12-10-20-7-4-5-8-21(20)17-28/h4-9,11,13-15,24H,10,12,16-17H2,1-3H3,(H,26,29). The zero-order chi connectivity index (χ0) is 20.4. The molecule has 4 heteroatoms. The molecule has 2 aromatic carbocycles. The fourth-order valence-electron chi connectivity index (χ4n) is 4.42. The van der Waals surface area contributed by atoms with Gasteiger partial charge < -0.3 is 9.88 Å². The number of fused-ring (bicyclic) bond motifs is 1. The Bertz CT molecular complexity index is 1000. The van der Waals surface area contributed by atoms with Crippen LogP contribution >= 0.6 is 0 Å². The second-order valence-electron chi connectivity index (χ2n) is 8.14. The number of aromatic nitrogens is 1. The van der Waals surface area contributed by atoms with E-state index >= 15 is 0 Å². The van der Waals surface area contributed by atoms with Crippen molar-refractivity contribution in [1.29, 1.82) is 0 Å². The average molecular weight is 388 g/mol. The minimum atomic E-state index is -0.00609. The predicted octanol–water partition coefficient (Wildman–Crippen LogP) is 4.17. The molecule has 2 heterocycles. The highest BCUT2D eigenvalue weighted by atomic mass is 16.1. The number of amides is 1. The third-order valence-electron chi connectivity index (χ3n) is 5.87. The maximum absolute atomic E-state index is 12.9. The van der Waals surface area contributed by atoms with Crippen molar-refractivity contribution in [2.75, 3.05) is 13.1 Å².